The molecule has 0 amide bonds. The quantitative estimate of drug-likeness (QED) is 0.541. The molecule has 1 aromatic rings. The minimum Gasteiger partial charge on any atom is -0.161 e. The van der Waals surface area contributed by atoms with Gasteiger partial charge < -0.3 is 0 Å². The molecule has 1 rings (SSSR count). The van der Waals surface area contributed by atoms with Crippen molar-refractivity contribution in [2.45, 2.75) is 39.3 Å². The second-order valence-corrected chi connectivity index (χ2v) is 10.1. The van der Waals surface area contributed by atoms with Crippen molar-refractivity contribution in [1.29, 1.82) is 0 Å². The first-order valence-corrected chi connectivity index (χ1v) is 9.04. The monoisotopic (exact) mass is 226 g/mol. The molecule has 0 nitrogen and oxygen atoms in total. The van der Waals surface area contributed by atoms with Gasteiger partial charge in [-0.1, -0.05) is 56.1 Å². The fraction of sp³-hybridized carbons (Fsp3) is 0.500. The maximum Gasteiger partial charge on any atom is 0.183 e. The lowest BCUT2D eigenvalue weighted by Crippen LogP contribution is -2.38. The van der Waals surface area contributed by atoms with Crippen molar-refractivity contribution in [3.8, 4) is 0 Å². The molecule has 0 saturated carbocycles. The summed E-state index contributed by atoms with van der Waals surface area (Å²) in [6.07, 6.45) is 2.49. The predicted octanol–water partition coefficient (Wildman–Crippen LogP) is 3.82. The lowest BCUT2D eigenvalue weighted by Gasteiger charge is -2.19. The Balaban J connectivity index is 2.75. The number of halogens is 1. The van der Waals surface area contributed by atoms with Gasteiger partial charge in [0.1, 0.15) is 0 Å². The maximum absolute atomic E-state index is 6.63. The summed E-state index contributed by atoms with van der Waals surface area (Å²) in [7, 11) is -1.65. The Kier molecular flexibility index (Phi) is 4.21. The van der Waals surface area contributed by atoms with Crippen LogP contribution in [-0.4, -0.2) is 7.38 Å². The lowest BCUT2D eigenvalue weighted by atomic mass is 10.2. The van der Waals surface area contributed by atoms with Crippen molar-refractivity contribution in [1.82, 2.24) is 0 Å². The maximum atomic E-state index is 6.63. The van der Waals surface area contributed by atoms with Crippen LogP contribution in [0.15, 0.2) is 24.3 Å². The Hall–Kier alpha value is -0.273. The van der Waals surface area contributed by atoms with Gasteiger partial charge in [-0.25, -0.2) is 0 Å². The summed E-state index contributed by atoms with van der Waals surface area (Å²) in [5.41, 5.74) is 1.31. The molecular weight excluding hydrogens is 208 g/mol. The number of hydrogen-bond donors (Lipinski definition) is 0. The number of benzene rings is 1. The molecule has 0 bridgehead atoms. The summed E-state index contributed by atoms with van der Waals surface area (Å²) >= 11 is 6.63. The van der Waals surface area contributed by atoms with Gasteiger partial charge in [-0.3, -0.25) is 0 Å². The molecule has 0 N–H and O–H groups in total. The molecule has 0 aromatic heterocycles. The van der Waals surface area contributed by atoms with Crippen molar-refractivity contribution in [3.63, 3.8) is 0 Å². The fourth-order valence-electron chi connectivity index (χ4n) is 1.55. The Morgan fingerprint density at radius 2 is 1.79 bits per heavy atom. The minimum atomic E-state index is -1.65. The number of hydrogen-bond acceptors (Lipinski definition) is 0. The summed E-state index contributed by atoms with van der Waals surface area (Å²) in [5.74, 6) is 0. The highest BCUT2D eigenvalue weighted by atomic mass is 35.6. The van der Waals surface area contributed by atoms with Gasteiger partial charge in [-0.05, 0) is 18.2 Å². The highest BCUT2D eigenvalue weighted by Gasteiger charge is 2.25. The van der Waals surface area contributed by atoms with Crippen molar-refractivity contribution < 1.29 is 0 Å². The van der Waals surface area contributed by atoms with E-state index in [1.54, 1.807) is 0 Å². The standard InChI is InChI=1S/C12H19ClSi/c1-4-5-10-14(3,13)12-8-6-11(2)7-9-12/h6-9H,4-5,10H2,1-3H3. The highest BCUT2D eigenvalue weighted by molar-refractivity contribution is 7.26. The number of unbranched alkanes of at least 4 members (excludes halogenated alkanes) is 1. The average Bonchev–Trinajstić information content (AvgIpc) is 2.16. The molecular formula is C12H19ClSi. The van der Waals surface area contributed by atoms with Crippen molar-refractivity contribution in [2.24, 2.45) is 0 Å². The molecule has 14 heavy (non-hydrogen) atoms. The summed E-state index contributed by atoms with van der Waals surface area (Å²) in [6.45, 7) is 6.58. The van der Waals surface area contributed by atoms with Gasteiger partial charge in [0.15, 0.2) is 7.38 Å². The zero-order valence-corrected chi connectivity index (χ0v) is 11.1. The predicted molar refractivity (Wildman–Crippen MR) is 68.0 cm³/mol. The molecule has 1 aromatic carbocycles. The van der Waals surface area contributed by atoms with Gasteiger partial charge in [0.2, 0.25) is 0 Å². The van der Waals surface area contributed by atoms with Crippen LogP contribution in [0.2, 0.25) is 12.6 Å². The molecule has 0 aliphatic heterocycles. The minimum absolute atomic E-state index is 1.19. The van der Waals surface area contributed by atoms with Crippen LogP contribution in [0.4, 0.5) is 0 Å². The van der Waals surface area contributed by atoms with Gasteiger partial charge in [0.25, 0.3) is 0 Å². The Labute approximate surface area is 93.0 Å². The van der Waals surface area contributed by atoms with Crippen LogP contribution in [0, 0.1) is 6.92 Å². The van der Waals surface area contributed by atoms with Crippen molar-refractivity contribution >= 4 is 23.6 Å². The Bertz CT molecular complexity index is 277. The van der Waals surface area contributed by atoms with Crippen LogP contribution in [0.3, 0.4) is 0 Å². The molecule has 0 fully saturated rings. The molecule has 0 saturated heterocycles. The van der Waals surface area contributed by atoms with Gasteiger partial charge in [0.05, 0.1) is 0 Å². The Morgan fingerprint density at radius 1 is 1.21 bits per heavy atom. The summed E-state index contributed by atoms with van der Waals surface area (Å²) in [4.78, 5) is 0. The number of aryl methyl sites for hydroxylation is 1. The zero-order valence-electron chi connectivity index (χ0n) is 9.31. The summed E-state index contributed by atoms with van der Waals surface area (Å²) in [6, 6.07) is 9.91. The SMILES string of the molecule is CCCC[Si](C)(Cl)c1ccc(C)cc1. The van der Waals surface area contributed by atoms with Gasteiger partial charge in [-0.15, -0.1) is 0 Å². The van der Waals surface area contributed by atoms with Crippen LogP contribution in [-0.2, 0) is 0 Å². The molecule has 0 aliphatic carbocycles. The summed E-state index contributed by atoms with van der Waals surface area (Å²) in [5, 5.41) is 1.37. The van der Waals surface area contributed by atoms with E-state index in [4.69, 9.17) is 11.1 Å². The summed E-state index contributed by atoms with van der Waals surface area (Å²) < 4.78 is 0. The molecule has 1 atom stereocenters. The topological polar surface area (TPSA) is 0 Å². The van der Waals surface area contributed by atoms with Crippen molar-refractivity contribution in [2.75, 3.05) is 0 Å². The van der Waals surface area contributed by atoms with Crippen LogP contribution in [0.5, 0.6) is 0 Å². The van der Waals surface area contributed by atoms with Gasteiger partial charge in [0, 0.05) is 0 Å². The first kappa shape index (κ1) is 11.8. The second-order valence-electron chi connectivity index (χ2n) is 4.17. The van der Waals surface area contributed by atoms with E-state index < -0.39 is 7.38 Å². The van der Waals surface area contributed by atoms with Crippen molar-refractivity contribution in [3.05, 3.63) is 29.8 Å². The third-order valence-corrected chi connectivity index (χ3v) is 6.70. The lowest BCUT2D eigenvalue weighted by molar-refractivity contribution is 0.874. The van der Waals surface area contributed by atoms with Crippen LogP contribution in [0.1, 0.15) is 25.3 Å². The smallest absolute Gasteiger partial charge is 0.161 e. The first-order valence-electron chi connectivity index (χ1n) is 5.32. The van der Waals surface area contributed by atoms with E-state index in [2.05, 4.69) is 44.7 Å². The third kappa shape index (κ3) is 3.14. The van der Waals surface area contributed by atoms with Crippen LogP contribution < -0.4 is 5.19 Å². The molecule has 0 spiro atoms. The average molecular weight is 227 g/mol. The third-order valence-electron chi connectivity index (χ3n) is 2.65. The van der Waals surface area contributed by atoms with E-state index >= 15 is 0 Å². The number of rotatable bonds is 4. The zero-order chi connectivity index (χ0) is 10.6. The largest absolute Gasteiger partial charge is 0.183 e. The Morgan fingerprint density at radius 3 is 2.29 bits per heavy atom. The molecule has 78 valence electrons. The fourth-order valence-corrected chi connectivity index (χ4v) is 4.50. The van der Waals surface area contributed by atoms with E-state index in [1.165, 1.54) is 29.6 Å². The van der Waals surface area contributed by atoms with E-state index in [1.807, 2.05) is 0 Å². The first-order chi connectivity index (χ1) is 6.56. The molecule has 0 aliphatic rings. The van der Waals surface area contributed by atoms with E-state index in [0.29, 0.717) is 0 Å². The van der Waals surface area contributed by atoms with E-state index in [0.717, 1.165) is 0 Å². The van der Waals surface area contributed by atoms with Crippen LogP contribution >= 0.6 is 11.1 Å². The van der Waals surface area contributed by atoms with Gasteiger partial charge >= 0.3 is 0 Å². The highest BCUT2D eigenvalue weighted by Crippen LogP contribution is 2.18. The molecule has 0 radical (unpaired) electrons. The molecule has 0 heterocycles. The normalized spacial score (nSPS) is 15.1. The van der Waals surface area contributed by atoms with E-state index in [-0.39, 0.29) is 0 Å². The molecule has 2 heteroatoms. The molecule has 1 unspecified atom stereocenters. The van der Waals surface area contributed by atoms with Gasteiger partial charge in [-0.2, -0.15) is 11.1 Å². The van der Waals surface area contributed by atoms with E-state index in [9.17, 15) is 0 Å². The van der Waals surface area contributed by atoms with Crippen LogP contribution in [0.25, 0.3) is 0 Å². The second kappa shape index (κ2) is 4.99.